The van der Waals surface area contributed by atoms with Crippen LogP contribution in [-0.4, -0.2) is 45.3 Å². The van der Waals surface area contributed by atoms with Crippen molar-refractivity contribution in [2.24, 2.45) is 14.1 Å². The molecule has 0 unspecified atom stereocenters. The summed E-state index contributed by atoms with van der Waals surface area (Å²) in [6, 6.07) is 7.06. The number of hydrogen-bond donors (Lipinski definition) is 1. The fourth-order valence-corrected chi connectivity index (χ4v) is 5.55. The highest BCUT2D eigenvalue weighted by atomic mass is 32.2. The third-order valence-corrected chi connectivity index (χ3v) is 7.62. The van der Waals surface area contributed by atoms with Gasteiger partial charge in [-0.15, -0.1) is 0 Å². The number of nitrogens with one attached hydrogen (secondary N) is 1. The van der Waals surface area contributed by atoms with Gasteiger partial charge in [-0.25, -0.2) is 18.2 Å². The normalized spacial score (nSPS) is 17.0. The van der Waals surface area contributed by atoms with Gasteiger partial charge in [-0.3, -0.25) is 18.7 Å². The van der Waals surface area contributed by atoms with E-state index in [-0.39, 0.29) is 28.2 Å². The van der Waals surface area contributed by atoms with E-state index >= 15 is 0 Å². The molecule has 0 spiro atoms. The standard InChI is InChI=1S/C21H23N5O5S/c1-13-6-8-15(9-7-13)32(30,31)26-10-4-5-17(26)19(27)23-14-11-16-18(22-12-14)24(2)21(29)25(3)20(16)28/h6-9,11-12,17H,4-5,10H2,1-3H3,(H,23,27)/t17-/m0/s1. The van der Waals surface area contributed by atoms with Crippen LogP contribution in [0.15, 0.2) is 51.0 Å². The molecule has 2 aromatic heterocycles. The number of aromatic nitrogens is 3. The number of sulfonamides is 1. The molecule has 1 atom stereocenters. The first-order valence-corrected chi connectivity index (χ1v) is 11.5. The van der Waals surface area contributed by atoms with Crippen LogP contribution in [0.5, 0.6) is 0 Å². The largest absolute Gasteiger partial charge is 0.332 e. The molecule has 1 aromatic carbocycles. The molecular weight excluding hydrogens is 434 g/mol. The zero-order valence-electron chi connectivity index (χ0n) is 17.9. The lowest BCUT2D eigenvalue weighted by atomic mass is 10.2. The van der Waals surface area contributed by atoms with E-state index in [1.54, 1.807) is 12.1 Å². The fraction of sp³-hybridized carbons (Fsp3) is 0.333. The molecule has 4 rings (SSSR count). The maximum absolute atomic E-state index is 13.1. The van der Waals surface area contributed by atoms with E-state index < -0.39 is 33.2 Å². The van der Waals surface area contributed by atoms with Crippen molar-refractivity contribution in [1.29, 1.82) is 0 Å². The molecule has 3 aromatic rings. The lowest BCUT2D eigenvalue weighted by molar-refractivity contribution is -0.119. The van der Waals surface area contributed by atoms with Crippen LogP contribution in [0, 0.1) is 6.92 Å². The van der Waals surface area contributed by atoms with Gasteiger partial charge in [-0.05, 0) is 38.0 Å². The number of fused-ring (bicyclic) bond motifs is 1. The highest BCUT2D eigenvalue weighted by Gasteiger charge is 2.39. The van der Waals surface area contributed by atoms with Crippen molar-refractivity contribution in [2.75, 3.05) is 11.9 Å². The number of carbonyl (C=O) groups excluding carboxylic acids is 1. The summed E-state index contributed by atoms with van der Waals surface area (Å²) < 4.78 is 29.6. The number of rotatable bonds is 4. The van der Waals surface area contributed by atoms with Gasteiger partial charge in [0.25, 0.3) is 5.56 Å². The van der Waals surface area contributed by atoms with Crippen molar-refractivity contribution in [2.45, 2.75) is 30.7 Å². The van der Waals surface area contributed by atoms with E-state index in [9.17, 15) is 22.8 Å². The highest BCUT2D eigenvalue weighted by molar-refractivity contribution is 7.89. The molecule has 0 saturated carbocycles. The minimum Gasteiger partial charge on any atom is -0.323 e. The summed E-state index contributed by atoms with van der Waals surface area (Å²) in [5.41, 5.74) is 0.344. The van der Waals surface area contributed by atoms with Gasteiger partial charge in [0.2, 0.25) is 15.9 Å². The van der Waals surface area contributed by atoms with E-state index in [1.165, 1.54) is 47.4 Å². The average Bonchev–Trinajstić information content (AvgIpc) is 3.27. The van der Waals surface area contributed by atoms with Crippen LogP contribution in [0.25, 0.3) is 11.0 Å². The Hall–Kier alpha value is -3.31. The molecular formula is C21H23N5O5S. The second-order valence-corrected chi connectivity index (χ2v) is 9.77. The SMILES string of the molecule is Cc1ccc(S(=O)(=O)N2CCC[C@H]2C(=O)Nc2cnc3c(c2)c(=O)n(C)c(=O)n3C)cc1. The van der Waals surface area contributed by atoms with Crippen molar-refractivity contribution < 1.29 is 13.2 Å². The van der Waals surface area contributed by atoms with Crippen molar-refractivity contribution in [3.05, 3.63) is 62.9 Å². The summed E-state index contributed by atoms with van der Waals surface area (Å²) in [4.78, 5) is 41.8. The van der Waals surface area contributed by atoms with Crippen molar-refractivity contribution in [3.8, 4) is 0 Å². The number of amides is 1. The minimum atomic E-state index is -3.83. The van der Waals surface area contributed by atoms with Crippen molar-refractivity contribution in [3.63, 3.8) is 0 Å². The zero-order valence-corrected chi connectivity index (χ0v) is 18.7. The Morgan fingerprint density at radius 2 is 1.81 bits per heavy atom. The van der Waals surface area contributed by atoms with Gasteiger partial charge in [0, 0.05) is 20.6 Å². The summed E-state index contributed by atoms with van der Waals surface area (Å²) in [6.07, 6.45) is 2.28. The molecule has 32 heavy (non-hydrogen) atoms. The van der Waals surface area contributed by atoms with Gasteiger partial charge >= 0.3 is 5.69 Å². The Kier molecular flexibility index (Phi) is 5.47. The molecule has 1 aliphatic heterocycles. The monoisotopic (exact) mass is 457 g/mol. The van der Waals surface area contributed by atoms with E-state index in [0.717, 1.165) is 10.1 Å². The first-order chi connectivity index (χ1) is 15.1. The molecule has 1 N–H and O–H groups in total. The maximum Gasteiger partial charge on any atom is 0.332 e. The second kappa shape index (κ2) is 7.99. The molecule has 3 heterocycles. The van der Waals surface area contributed by atoms with Crippen LogP contribution >= 0.6 is 0 Å². The molecule has 0 bridgehead atoms. The number of aryl methyl sites for hydroxylation is 2. The van der Waals surface area contributed by atoms with Crippen LogP contribution < -0.4 is 16.6 Å². The number of pyridine rings is 1. The van der Waals surface area contributed by atoms with Crippen LogP contribution in [0.2, 0.25) is 0 Å². The predicted octanol–water partition coefficient (Wildman–Crippen LogP) is 0.732. The third-order valence-electron chi connectivity index (χ3n) is 5.69. The summed E-state index contributed by atoms with van der Waals surface area (Å²) in [7, 11) is -0.969. The number of carbonyl (C=O) groups is 1. The highest BCUT2D eigenvalue weighted by Crippen LogP contribution is 2.27. The molecule has 0 radical (unpaired) electrons. The Morgan fingerprint density at radius 3 is 2.50 bits per heavy atom. The first-order valence-electron chi connectivity index (χ1n) is 10.1. The number of nitrogens with zero attached hydrogens (tertiary/aromatic N) is 4. The summed E-state index contributed by atoms with van der Waals surface area (Å²) in [5.74, 6) is -0.499. The topological polar surface area (TPSA) is 123 Å². The Labute approximate surface area is 184 Å². The van der Waals surface area contributed by atoms with E-state index in [1.807, 2.05) is 6.92 Å². The van der Waals surface area contributed by atoms with Crippen LogP contribution in [0.1, 0.15) is 18.4 Å². The Balaban J connectivity index is 1.63. The van der Waals surface area contributed by atoms with E-state index in [2.05, 4.69) is 10.3 Å². The maximum atomic E-state index is 13.1. The minimum absolute atomic E-state index is 0.139. The molecule has 1 saturated heterocycles. The van der Waals surface area contributed by atoms with Gasteiger partial charge in [0.1, 0.15) is 11.7 Å². The molecule has 1 fully saturated rings. The quantitative estimate of drug-likeness (QED) is 0.616. The molecule has 1 aliphatic rings. The summed E-state index contributed by atoms with van der Waals surface area (Å²) in [6.45, 7) is 2.11. The average molecular weight is 458 g/mol. The van der Waals surface area contributed by atoms with Crippen LogP contribution in [0.3, 0.4) is 0 Å². The van der Waals surface area contributed by atoms with Gasteiger partial charge in [-0.2, -0.15) is 4.31 Å². The molecule has 1 amide bonds. The number of anilines is 1. The smallest absolute Gasteiger partial charge is 0.323 e. The lowest BCUT2D eigenvalue weighted by Crippen LogP contribution is -2.43. The fourth-order valence-electron chi connectivity index (χ4n) is 3.89. The predicted molar refractivity (Wildman–Crippen MR) is 119 cm³/mol. The number of benzene rings is 1. The molecule has 168 valence electrons. The van der Waals surface area contributed by atoms with E-state index in [0.29, 0.717) is 12.8 Å². The van der Waals surface area contributed by atoms with Crippen LogP contribution in [0.4, 0.5) is 5.69 Å². The Morgan fingerprint density at radius 1 is 1.12 bits per heavy atom. The van der Waals surface area contributed by atoms with Crippen LogP contribution in [-0.2, 0) is 28.9 Å². The van der Waals surface area contributed by atoms with Crippen molar-refractivity contribution in [1.82, 2.24) is 18.4 Å². The van der Waals surface area contributed by atoms with Gasteiger partial charge in [-0.1, -0.05) is 17.7 Å². The van der Waals surface area contributed by atoms with Gasteiger partial charge in [0.15, 0.2) is 0 Å². The summed E-state index contributed by atoms with van der Waals surface area (Å²) >= 11 is 0. The molecule has 0 aliphatic carbocycles. The Bertz CT molecular complexity index is 1440. The molecule has 11 heteroatoms. The third kappa shape index (κ3) is 3.63. The van der Waals surface area contributed by atoms with Gasteiger partial charge in [0.05, 0.1) is 22.2 Å². The van der Waals surface area contributed by atoms with Gasteiger partial charge < -0.3 is 5.32 Å². The summed E-state index contributed by atoms with van der Waals surface area (Å²) in [5, 5.41) is 2.85. The second-order valence-electron chi connectivity index (χ2n) is 7.88. The zero-order chi connectivity index (χ0) is 23.2. The molecule has 10 nitrogen and oxygen atoms in total. The first kappa shape index (κ1) is 21.9. The number of hydrogen-bond acceptors (Lipinski definition) is 6. The van der Waals surface area contributed by atoms with Crippen molar-refractivity contribution >= 4 is 32.7 Å². The lowest BCUT2D eigenvalue weighted by Gasteiger charge is -2.23. The van der Waals surface area contributed by atoms with E-state index in [4.69, 9.17) is 0 Å².